The molecule has 2 atom stereocenters. The van der Waals surface area contributed by atoms with Gasteiger partial charge in [0, 0.05) is 0 Å². The summed E-state index contributed by atoms with van der Waals surface area (Å²) in [6.45, 7) is 6.03. The molecule has 0 aliphatic carbocycles. The van der Waals surface area contributed by atoms with Gasteiger partial charge in [0.1, 0.15) is 11.4 Å². The first-order valence-corrected chi connectivity index (χ1v) is 7.00. The molecule has 1 N–H and O–H groups in total. The van der Waals surface area contributed by atoms with Crippen LogP contribution in [0.1, 0.15) is 39.4 Å². The zero-order chi connectivity index (χ0) is 14.4. The lowest BCUT2D eigenvalue weighted by Crippen LogP contribution is -2.47. The molecule has 104 valence electrons. The van der Waals surface area contributed by atoms with Crippen molar-refractivity contribution >= 4 is 11.0 Å². The second-order valence-corrected chi connectivity index (χ2v) is 6.26. The number of hydrogen-bond acceptors (Lipinski definition) is 3. The highest BCUT2D eigenvalue weighted by Crippen LogP contribution is 2.43. The van der Waals surface area contributed by atoms with E-state index in [1.54, 1.807) is 0 Å². The lowest BCUT2D eigenvalue weighted by molar-refractivity contribution is -0.191. The van der Waals surface area contributed by atoms with Gasteiger partial charge in [0.05, 0.1) is 28.6 Å². The number of imidazole rings is 1. The molecule has 2 heterocycles. The van der Waals surface area contributed by atoms with Crippen molar-refractivity contribution in [3.05, 3.63) is 30.1 Å². The average Bonchev–Trinajstić information content (AvgIpc) is 2.82. The fraction of sp³-hybridized carbons (Fsp3) is 0.500. The van der Waals surface area contributed by atoms with Crippen LogP contribution in [0.25, 0.3) is 11.0 Å². The van der Waals surface area contributed by atoms with Gasteiger partial charge in [-0.2, -0.15) is 5.26 Å². The predicted octanol–water partition coefficient (Wildman–Crippen LogP) is 3.51. The van der Waals surface area contributed by atoms with Gasteiger partial charge in [-0.1, -0.05) is 12.1 Å². The maximum Gasteiger partial charge on any atom is 0.139 e. The van der Waals surface area contributed by atoms with Crippen molar-refractivity contribution in [1.29, 1.82) is 5.26 Å². The topological polar surface area (TPSA) is 61.7 Å². The van der Waals surface area contributed by atoms with E-state index in [0.29, 0.717) is 0 Å². The van der Waals surface area contributed by atoms with E-state index < -0.39 is 11.2 Å². The molecule has 1 aromatic heterocycles. The van der Waals surface area contributed by atoms with Gasteiger partial charge in [0.2, 0.25) is 0 Å². The van der Waals surface area contributed by atoms with Crippen molar-refractivity contribution in [2.24, 2.45) is 5.92 Å². The van der Waals surface area contributed by atoms with Gasteiger partial charge >= 0.3 is 0 Å². The number of fused-ring (bicyclic) bond motifs is 1. The Morgan fingerprint density at radius 2 is 2.10 bits per heavy atom. The molecule has 1 saturated heterocycles. The summed E-state index contributed by atoms with van der Waals surface area (Å²) >= 11 is 0. The van der Waals surface area contributed by atoms with Crippen LogP contribution in [-0.4, -0.2) is 15.6 Å². The number of nitrogens with zero attached hydrogens (tertiary/aromatic N) is 2. The first-order chi connectivity index (χ1) is 9.44. The van der Waals surface area contributed by atoms with Gasteiger partial charge in [0.25, 0.3) is 0 Å². The minimum Gasteiger partial charge on any atom is -0.360 e. The normalized spacial score (nSPS) is 29.2. The summed E-state index contributed by atoms with van der Waals surface area (Å²) in [5.41, 5.74) is 1.05. The summed E-state index contributed by atoms with van der Waals surface area (Å²) in [4.78, 5) is 8.02. The highest BCUT2D eigenvalue weighted by atomic mass is 16.5. The minimum atomic E-state index is -0.462. The fourth-order valence-electron chi connectivity index (χ4n) is 3.06. The lowest BCUT2D eigenvalue weighted by atomic mass is 9.79. The van der Waals surface area contributed by atoms with Gasteiger partial charge < -0.3 is 9.72 Å². The molecule has 4 nitrogen and oxygen atoms in total. The Bertz CT molecular complexity index is 649. The number of nitrogens with one attached hydrogen (secondary N) is 1. The first kappa shape index (κ1) is 13.1. The number of benzene rings is 1. The molecule has 2 unspecified atom stereocenters. The Balaban J connectivity index is 1.99. The number of nitriles is 1. The van der Waals surface area contributed by atoms with Crippen LogP contribution in [0.3, 0.4) is 0 Å². The fourth-order valence-corrected chi connectivity index (χ4v) is 3.06. The molecule has 0 amide bonds. The van der Waals surface area contributed by atoms with E-state index in [0.717, 1.165) is 29.7 Å². The number of aromatic amines is 1. The molecule has 3 rings (SSSR count). The van der Waals surface area contributed by atoms with Crippen LogP contribution in [0.15, 0.2) is 24.3 Å². The zero-order valence-electron chi connectivity index (χ0n) is 12.1. The molecule has 0 spiro atoms. The molecular weight excluding hydrogens is 250 g/mol. The largest absolute Gasteiger partial charge is 0.360 e. The standard InChI is InChI=1S/C16H19N3O/c1-15(2)11(10-17)8-9-16(3,20-15)14-18-12-6-4-5-7-13(12)19-14/h4-7,11H,8-9H2,1-3H3,(H,18,19). The summed E-state index contributed by atoms with van der Waals surface area (Å²) < 4.78 is 6.26. The monoisotopic (exact) mass is 269 g/mol. The van der Waals surface area contributed by atoms with E-state index in [1.165, 1.54) is 0 Å². The van der Waals surface area contributed by atoms with Crippen molar-refractivity contribution in [3.63, 3.8) is 0 Å². The quantitative estimate of drug-likeness (QED) is 0.861. The Morgan fingerprint density at radius 1 is 1.35 bits per heavy atom. The van der Waals surface area contributed by atoms with E-state index in [1.807, 2.05) is 38.1 Å². The van der Waals surface area contributed by atoms with Gasteiger partial charge in [0.15, 0.2) is 0 Å². The number of rotatable bonds is 1. The van der Waals surface area contributed by atoms with Gasteiger partial charge in [-0.15, -0.1) is 0 Å². The Kier molecular flexibility index (Phi) is 2.84. The van der Waals surface area contributed by atoms with Crippen LogP contribution >= 0.6 is 0 Å². The van der Waals surface area contributed by atoms with Gasteiger partial charge in [-0.05, 0) is 45.7 Å². The molecule has 0 saturated carbocycles. The molecule has 0 bridgehead atoms. The molecule has 2 aromatic rings. The van der Waals surface area contributed by atoms with Crippen LogP contribution < -0.4 is 0 Å². The van der Waals surface area contributed by atoms with E-state index in [-0.39, 0.29) is 5.92 Å². The van der Waals surface area contributed by atoms with Crippen molar-refractivity contribution in [1.82, 2.24) is 9.97 Å². The maximum absolute atomic E-state index is 9.23. The molecule has 20 heavy (non-hydrogen) atoms. The van der Waals surface area contributed by atoms with Crippen molar-refractivity contribution in [2.75, 3.05) is 0 Å². The Hall–Kier alpha value is -1.86. The third kappa shape index (κ3) is 1.99. The van der Waals surface area contributed by atoms with Crippen molar-refractivity contribution in [2.45, 2.75) is 44.8 Å². The molecule has 1 aliphatic rings. The van der Waals surface area contributed by atoms with Crippen LogP contribution in [0, 0.1) is 17.2 Å². The molecular formula is C16H19N3O. The first-order valence-electron chi connectivity index (χ1n) is 7.00. The second-order valence-electron chi connectivity index (χ2n) is 6.26. The summed E-state index contributed by atoms with van der Waals surface area (Å²) in [5, 5.41) is 9.23. The van der Waals surface area contributed by atoms with Crippen LogP contribution in [0.2, 0.25) is 0 Å². The van der Waals surface area contributed by atoms with E-state index >= 15 is 0 Å². The Labute approximate surface area is 118 Å². The Morgan fingerprint density at radius 3 is 2.75 bits per heavy atom. The number of aromatic nitrogens is 2. The van der Waals surface area contributed by atoms with Crippen LogP contribution in [0.5, 0.6) is 0 Å². The molecule has 1 fully saturated rings. The highest BCUT2D eigenvalue weighted by Gasteiger charge is 2.46. The number of para-hydroxylation sites is 2. The number of ether oxygens (including phenoxy) is 1. The average molecular weight is 269 g/mol. The minimum absolute atomic E-state index is 0.0695. The van der Waals surface area contributed by atoms with Crippen LogP contribution in [-0.2, 0) is 10.3 Å². The maximum atomic E-state index is 9.23. The highest BCUT2D eigenvalue weighted by molar-refractivity contribution is 5.74. The second kappa shape index (κ2) is 4.32. The van der Waals surface area contributed by atoms with E-state index in [9.17, 15) is 5.26 Å². The SMILES string of the molecule is CC1(c2nc3ccccc3[nH]2)CCC(C#N)C(C)(C)O1. The van der Waals surface area contributed by atoms with Crippen molar-refractivity contribution < 1.29 is 4.74 Å². The van der Waals surface area contributed by atoms with Crippen molar-refractivity contribution in [3.8, 4) is 6.07 Å². The summed E-state index contributed by atoms with van der Waals surface area (Å²) in [5.74, 6) is 0.781. The summed E-state index contributed by atoms with van der Waals surface area (Å²) in [6, 6.07) is 10.3. The molecule has 4 heteroatoms. The van der Waals surface area contributed by atoms with E-state index in [2.05, 4.69) is 23.0 Å². The van der Waals surface area contributed by atoms with Gasteiger partial charge in [-0.3, -0.25) is 0 Å². The lowest BCUT2D eigenvalue weighted by Gasteiger charge is -2.44. The molecule has 1 aliphatic heterocycles. The summed E-state index contributed by atoms with van der Waals surface area (Å²) in [6.07, 6.45) is 1.63. The molecule has 1 aromatic carbocycles. The molecule has 0 radical (unpaired) electrons. The van der Waals surface area contributed by atoms with Crippen LogP contribution in [0.4, 0.5) is 0 Å². The zero-order valence-corrected chi connectivity index (χ0v) is 12.1. The number of hydrogen-bond donors (Lipinski definition) is 1. The third-order valence-corrected chi connectivity index (χ3v) is 4.28. The van der Waals surface area contributed by atoms with Gasteiger partial charge in [-0.25, -0.2) is 4.98 Å². The number of H-pyrrole nitrogens is 1. The summed E-state index contributed by atoms with van der Waals surface area (Å²) in [7, 11) is 0. The smallest absolute Gasteiger partial charge is 0.139 e. The van der Waals surface area contributed by atoms with E-state index in [4.69, 9.17) is 4.74 Å². The predicted molar refractivity (Wildman–Crippen MR) is 76.9 cm³/mol. The third-order valence-electron chi connectivity index (χ3n) is 4.28.